The van der Waals surface area contributed by atoms with E-state index in [1.54, 1.807) is 30.3 Å². The van der Waals surface area contributed by atoms with Crippen molar-refractivity contribution in [3.8, 4) is 0 Å². The standard InChI is InChI=1S/C14H12ClFN2O/c1-18(12-8-3-2-7-11(12)16)14(19)9-5-4-6-10(15)13(9)17/h2-8H,17H2,1H3. The molecule has 19 heavy (non-hydrogen) atoms. The molecule has 0 heterocycles. The Morgan fingerprint density at radius 3 is 2.58 bits per heavy atom. The number of amides is 1. The minimum Gasteiger partial charge on any atom is -0.397 e. The smallest absolute Gasteiger partial charge is 0.260 e. The third-order valence-corrected chi connectivity index (χ3v) is 3.13. The molecule has 98 valence electrons. The summed E-state index contributed by atoms with van der Waals surface area (Å²) in [4.78, 5) is 13.5. The predicted octanol–water partition coefficient (Wildman–Crippen LogP) is 3.34. The number of nitrogens with two attached hydrogens (primary N) is 1. The number of para-hydroxylation sites is 2. The highest BCUT2D eigenvalue weighted by Gasteiger charge is 2.19. The molecule has 0 spiro atoms. The topological polar surface area (TPSA) is 46.3 Å². The SMILES string of the molecule is CN(C(=O)c1cccc(Cl)c1N)c1ccccc1F. The van der Waals surface area contributed by atoms with Crippen LogP contribution in [0.25, 0.3) is 0 Å². The summed E-state index contributed by atoms with van der Waals surface area (Å²) >= 11 is 5.87. The lowest BCUT2D eigenvalue weighted by molar-refractivity contribution is 0.0993. The molecule has 0 aliphatic rings. The van der Waals surface area contributed by atoms with Crippen molar-refractivity contribution in [1.29, 1.82) is 0 Å². The molecule has 0 aliphatic heterocycles. The van der Waals surface area contributed by atoms with Gasteiger partial charge in [-0.1, -0.05) is 29.8 Å². The van der Waals surface area contributed by atoms with Gasteiger partial charge in [-0.2, -0.15) is 0 Å². The minimum atomic E-state index is -0.473. The maximum absolute atomic E-state index is 13.6. The molecule has 2 aromatic carbocycles. The van der Waals surface area contributed by atoms with Gasteiger partial charge in [0.05, 0.1) is 22.0 Å². The van der Waals surface area contributed by atoms with E-state index < -0.39 is 11.7 Å². The fourth-order valence-electron chi connectivity index (χ4n) is 1.74. The van der Waals surface area contributed by atoms with E-state index in [9.17, 15) is 9.18 Å². The van der Waals surface area contributed by atoms with Crippen LogP contribution in [0.15, 0.2) is 42.5 Å². The van der Waals surface area contributed by atoms with Crippen molar-refractivity contribution in [2.24, 2.45) is 0 Å². The lowest BCUT2D eigenvalue weighted by Gasteiger charge is -2.19. The third-order valence-electron chi connectivity index (χ3n) is 2.80. The van der Waals surface area contributed by atoms with Crippen LogP contribution in [0.1, 0.15) is 10.4 Å². The number of hydrogen-bond donors (Lipinski definition) is 1. The Bertz CT molecular complexity index is 631. The highest BCUT2D eigenvalue weighted by Crippen LogP contribution is 2.26. The molecule has 0 bridgehead atoms. The molecule has 0 aromatic heterocycles. The van der Waals surface area contributed by atoms with Gasteiger partial charge < -0.3 is 10.6 Å². The molecule has 0 unspecified atom stereocenters. The van der Waals surface area contributed by atoms with Gasteiger partial charge >= 0.3 is 0 Å². The van der Waals surface area contributed by atoms with Crippen molar-refractivity contribution < 1.29 is 9.18 Å². The van der Waals surface area contributed by atoms with E-state index in [4.69, 9.17) is 17.3 Å². The molecule has 0 saturated carbocycles. The van der Waals surface area contributed by atoms with E-state index >= 15 is 0 Å². The van der Waals surface area contributed by atoms with Crippen molar-refractivity contribution in [2.75, 3.05) is 17.7 Å². The molecule has 2 rings (SSSR count). The summed E-state index contributed by atoms with van der Waals surface area (Å²) in [5.74, 6) is -0.885. The Hall–Kier alpha value is -2.07. The van der Waals surface area contributed by atoms with Gasteiger partial charge in [-0.15, -0.1) is 0 Å². The molecular weight excluding hydrogens is 267 g/mol. The van der Waals surface area contributed by atoms with E-state index in [1.807, 2.05) is 0 Å². The molecule has 0 atom stereocenters. The summed E-state index contributed by atoms with van der Waals surface area (Å²) in [6, 6.07) is 10.8. The third kappa shape index (κ3) is 2.53. The van der Waals surface area contributed by atoms with Crippen LogP contribution in [0.3, 0.4) is 0 Å². The summed E-state index contributed by atoms with van der Waals surface area (Å²) in [6.45, 7) is 0. The van der Waals surface area contributed by atoms with Crippen LogP contribution in [-0.2, 0) is 0 Å². The second kappa shape index (κ2) is 5.28. The molecule has 0 saturated heterocycles. The zero-order valence-electron chi connectivity index (χ0n) is 10.2. The molecule has 2 aromatic rings. The molecule has 0 fully saturated rings. The highest BCUT2D eigenvalue weighted by molar-refractivity contribution is 6.34. The predicted molar refractivity (Wildman–Crippen MR) is 75.0 cm³/mol. The van der Waals surface area contributed by atoms with Gasteiger partial charge in [-0.25, -0.2) is 4.39 Å². The number of carbonyl (C=O) groups is 1. The number of nitrogens with zero attached hydrogens (tertiary/aromatic N) is 1. The second-order valence-electron chi connectivity index (χ2n) is 4.02. The average Bonchev–Trinajstić information content (AvgIpc) is 2.41. The van der Waals surface area contributed by atoms with Crippen molar-refractivity contribution in [3.05, 3.63) is 58.9 Å². The summed E-state index contributed by atoms with van der Waals surface area (Å²) in [6.07, 6.45) is 0. The number of anilines is 2. The van der Waals surface area contributed by atoms with Gasteiger partial charge in [0, 0.05) is 7.05 Å². The van der Waals surface area contributed by atoms with Crippen LogP contribution < -0.4 is 10.6 Å². The number of rotatable bonds is 2. The number of carbonyl (C=O) groups excluding carboxylic acids is 1. The fourth-order valence-corrected chi connectivity index (χ4v) is 1.91. The maximum atomic E-state index is 13.6. The van der Waals surface area contributed by atoms with E-state index in [2.05, 4.69) is 0 Å². The quantitative estimate of drug-likeness (QED) is 0.857. The fraction of sp³-hybridized carbons (Fsp3) is 0.0714. The molecule has 0 radical (unpaired) electrons. The van der Waals surface area contributed by atoms with E-state index in [1.165, 1.54) is 24.1 Å². The first kappa shape index (κ1) is 13.4. The van der Waals surface area contributed by atoms with Gasteiger partial charge in [-0.05, 0) is 24.3 Å². The van der Waals surface area contributed by atoms with Gasteiger partial charge in [0.25, 0.3) is 5.91 Å². The lowest BCUT2D eigenvalue weighted by atomic mass is 10.1. The summed E-state index contributed by atoms with van der Waals surface area (Å²) in [5.41, 5.74) is 6.39. The van der Waals surface area contributed by atoms with Crippen LogP contribution in [0.4, 0.5) is 15.8 Å². The Morgan fingerprint density at radius 2 is 1.89 bits per heavy atom. The van der Waals surface area contributed by atoms with E-state index in [-0.39, 0.29) is 16.9 Å². The Morgan fingerprint density at radius 1 is 1.21 bits per heavy atom. The number of benzene rings is 2. The Balaban J connectivity index is 2.40. The minimum absolute atomic E-state index is 0.187. The Kier molecular flexibility index (Phi) is 3.71. The normalized spacial score (nSPS) is 10.3. The number of hydrogen-bond acceptors (Lipinski definition) is 2. The molecule has 3 nitrogen and oxygen atoms in total. The van der Waals surface area contributed by atoms with Crippen molar-refractivity contribution in [1.82, 2.24) is 0 Å². The summed E-state index contributed by atoms with van der Waals surface area (Å²) < 4.78 is 13.6. The van der Waals surface area contributed by atoms with E-state index in [0.29, 0.717) is 5.02 Å². The zero-order valence-corrected chi connectivity index (χ0v) is 11.0. The summed E-state index contributed by atoms with van der Waals surface area (Å²) in [5, 5.41) is 0.299. The largest absolute Gasteiger partial charge is 0.397 e. The maximum Gasteiger partial charge on any atom is 0.260 e. The molecular formula is C14H12ClFN2O. The van der Waals surface area contributed by atoms with Crippen LogP contribution in [0.2, 0.25) is 5.02 Å². The zero-order chi connectivity index (χ0) is 14.0. The van der Waals surface area contributed by atoms with Crippen LogP contribution in [-0.4, -0.2) is 13.0 Å². The van der Waals surface area contributed by atoms with Crippen LogP contribution >= 0.6 is 11.6 Å². The van der Waals surface area contributed by atoms with Gasteiger partial charge in [-0.3, -0.25) is 4.79 Å². The summed E-state index contributed by atoms with van der Waals surface area (Å²) in [7, 11) is 1.49. The monoisotopic (exact) mass is 278 g/mol. The Labute approximate surface area is 115 Å². The number of nitrogen functional groups attached to an aromatic ring is 1. The molecule has 1 amide bonds. The van der Waals surface area contributed by atoms with Crippen molar-refractivity contribution in [2.45, 2.75) is 0 Å². The van der Waals surface area contributed by atoms with Crippen LogP contribution in [0, 0.1) is 5.82 Å². The second-order valence-corrected chi connectivity index (χ2v) is 4.42. The first-order valence-corrected chi connectivity index (χ1v) is 5.96. The molecule has 0 aliphatic carbocycles. The van der Waals surface area contributed by atoms with Gasteiger partial charge in [0.15, 0.2) is 0 Å². The number of halogens is 2. The van der Waals surface area contributed by atoms with Gasteiger partial charge in [0.1, 0.15) is 5.82 Å². The van der Waals surface area contributed by atoms with Gasteiger partial charge in [0.2, 0.25) is 0 Å². The highest BCUT2D eigenvalue weighted by atomic mass is 35.5. The van der Waals surface area contributed by atoms with Crippen LogP contribution in [0.5, 0.6) is 0 Å². The van der Waals surface area contributed by atoms with Crippen molar-refractivity contribution in [3.63, 3.8) is 0 Å². The van der Waals surface area contributed by atoms with Crippen molar-refractivity contribution >= 4 is 28.9 Å². The van der Waals surface area contributed by atoms with E-state index in [0.717, 1.165) is 0 Å². The average molecular weight is 279 g/mol. The molecule has 2 N–H and O–H groups in total. The first-order chi connectivity index (χ1) is 9.02. The lowest BCUT2D eigenvalue weighted by Crippen LogP contribution is -2.27. The molecule has 5 heteroatoms. The first-order valence-electron chi connectivity index (χ1n) is 5.59.